The summed E-state index contributed by atoms with van der Waals surface area (Å²) in [6.07, 6.45) is 8.32. The summed E-state index contributed by atoms with van der Waals surface area (Å²) in [6, 6.07) is 0. The van der Waals surface area contributed by atoms with Gasteiger partial charge in [-0.25, -0.2) is 0 Å². The summed E-state index contributed by atoms with van der Waals surface area (Å²) in [5.41, 5.74) is 0. The fourth-order valence-electron chi connectivity index (χ4n) is 1.84. The van der Waals surface area contributed by atoms with Crippen molar-refractivity contribution in [2.45, 2.75) is 71.6 Å². The van der Waals surface area contributed by atoms with Crippen LogP contribution in [0.25, 0.3) is 0 Å². The van der Waals surface area contributed by atoms with E-state index in [9.17, 15) is 9.59 Å². The van der Waals surface area contributed by atoms with Crippen LogP contribution in [0.3, 0.4) is 0 Å². The second-order valence-electron chi connectivity index (χ2n) is 5.32. The maximum Gasteiger partial charge on any atom is 0.308 e. The van der Waals surface area contributed by atoms with Crippen LogP contribution in [0.2, 0.25) is 0 Å². The minimum absolute atomic E-state index is 0.229. The first kappa shape index (κ1) is 20.9. The first-order chi connectivity index (χ1) is 10.7. The Labute approximate surface area is 134 Å². The van der Waals surface area contributed by atoms with E-state index >= 15 is 0 Å². The van der Waals surface area contributed by atoms with Crippen molar-refractivity contribution >= 4 is 11.9 Å². The van der Waals surface area contributed by atoms with Gasteiger partial charge in [0.25, 0.3) is 0 Å². The summed E-state index contributed by atoms with van der Waals surface area (Å²) in [5.74, 6) is -0.491. The van der Waals surface area contributed by atoms with Crippen molar-refractivity contribution in [3.8, 4) is 0 Å². The molecule has 5 nitrogen and oxygen atoms in total. The molecule has 0 amide bonds. The van der Waals surface area contributed by atoms with Gasteiger partial charge in [-0.05, 0) is 12.8 Å². The fourth-order valence-corrected chi connectivity index (χ4v) is 1.84. The van der Waals surface area contributed by atoms with Gasteiger partial charge < -0.3 is 14.2 Å². The van der Waals surface area contributed by atoms with Gasteiger partial charge in [-0.15, -0.1) is 0 Å². The van der Waals surface area contributed by atoms with E-state index in [2.05, 4.69) is 6.92 Å². The Hall–Kier alpha value is -1.10. The molecule has 22 heavy (non-hydrogen) atoms. The molecule has 0 unspecified atom stereocenters. The van der Waals surface area contributed by atoms with Gasteiger partial charge in [0.05, 0.1) is 39.3 Å². The average molecular weight is 316 g/mol. The van der Waals surface area contributed by atoms with E-state index in [0.717, 1.165) is 19.3 Å². The Bertz CT molecular complexity index is 278. The molecule has 0 aromatic carbocycles. The second kappa shape index (κ2) is 16.3. The van der Waals surface area contributed by atoms with Crippen molar-refractivity contribution in [1.82, 2.24) is 0 Å². The van der Waals surface area contributed by atoms with Crippen LogP contribution < -0.4 is 0 Å². The lowest BCUT2D eigenvalue weighted by Crippen LogP contribution is -2.12. The third-order valence-corrected chi connectivity index (χ3v) is 3.13. The van der Waals surface area contributed by atoms with Crippen molar-refractivity contribution < 1.29 is 23.8 Å². The first-order valence-electron chi connectivity index (χ1n) is 8.59. The molecule has 130 valence electrons. The highest BCUT2D eigenvalue weighted by Gasteiger charge is 2.05. The molecular weight excluding hydrogens is 284 g/mol. The number of hydrogen-bond donors (Lipinski definition) is 0. The normalized spacial score (nSPS) is 10.5. The van der Waals surface area contributed by atoms with Crippen LogP contribution in [0, 0.1) is 0 Å². The summed E-state index contributed by atoms with van der Waals surface area (Å²) < 4.78 is 15.3. The van der Waals surface area contributed by atoms with Gasteiger partial charge in [-0.2, -0.15) is 0 Å². The van der Waals surface area contributed by atoms with Crippen molar-refractivity contribution in [3.63, 3.8) is 0 Å². The lowest BCUT2D eigenvalue weighted by molar-refractivity contribution is -0.145. The highest BCUT2D eigenvalue weighted by molar-refractivity contribution is 5.70. The molecule has 0 saturated heterocycles. The molecule has 0 N–H and O–H groups in total. The summed E-state index contributed by atoms with van der Waals surface area (Å²) in [7, 11) is 0. The van der Waals surface area contributed by atoms with Gasteiger partial charge in [0.15, 0.2) is 0 Å². The Kier molecular flexibility index (Phi) is 15.5. The Morgan fingerprint density at radius 2 is 1.18 bits per heavy atom. The largest absolute Gasteiger partial charge is 0.466 e. The highest BCUT2D eigenvalue weighted by atomic mass is 16.5. The smallest absolute Gasteiger partial charge is 0.308 e. The number of rotatable bonds is 15. The van der Waals surface area contributed by atoms with Gasteiger partial charge in [0, 0.05) is 0 Å². The summed E-state index contributed by atoms with van der Waals surface area (Å²) >= 11 is 0. The van der Waals surface area contributed by atoms with E-state index in [4.69, 9.17) is 14.2 Å². The Morgan fingerprint density at radius 1 is 0.636 bits per heavy atom. The van der Waals surface area contributed by atoms with E-state index in [-0.39, 0.29) is 38.0 Å². The van der Waals surface area contributed by atoms with Crippen LogP contribution in [0.5, 0.6) is 0 Å². The van der Waals surface area contributed by atoms with Crippen LogP contribution in [0.1, 0.15) is 71.6 Å². The van der Waals surface area contributed by atoms with E-state index in [1.807, 2.05) is 6.92 Å². The SMILES string of the molecule is CCCCCCCCOC(=O)CCOCCC(=O)OCCC. The van der Waals surface area contributed by atoms with Gasteiger partial charge >= 0.3 is 11.9 Å². The summed E-state index contributed by atoms with van der Waals surface area (Å²) in [4.78, 5) is 22.6. The third-order valence-electron chi connectivity index (χ3n) is 3.13. The average Bonchev–Trinajstić information content (AvgIpc) is 2.51. The first-order valence-corrected chi connectivity index (χ1v) is 8.59. The zero-order valence-electron chi connectivity index (χ0n) is 14.2. The predicted molar refractivity (Wildman–Crippen MR) is 85.6 cm³/mol. The predicted octanol–water partition coefficient (Wildman–Crippen LogP) is 3.64. The van der Waals surface area contributed by atoms with Crippen LogP contribution in [0.15, 0.2) is 0 Å². The third kappa shape index (κ3) is 15.3. The maximum atomic E-state index is 11.4. The number of carbonyl (C=O) groups excluding carboxylic acids is 2. The molecule has 5 heteroatoms. The molecule has 0 bridgehead atoms. The van der Waals surface area contributed by atoms with E-state index in [1.54, 1.807) is 0 Å². The molecular formula is C17H32O5. The quantitative estimate of drug-likeness (QED) is 0.341. The van der Waals surface area contributed by atoms with Gasteiger partial charge in [-0.1, -0.05) is 46.0 Å². The van der Waals surface area contributed by atoms with Crippen molar-refractivity contribution in [1.29, 1.82) is 0 Å². The zero-order valence-corrected chi connectivity index (χ0v) is 14.2. The number of hydrogen-bond acceptors (Lipinski definition) is 5. The van der Waals surface area contributed by atoms with E-state index in [0.29, 0.717) is 13.2 Å². The summed E-state index contributed by atoms with van der Waals surface area (Å²) in [5, 5.41) is 0. The number of unbranched alkanes of at least 4 members (excludes halogenated alkanes) is 5. The molecule has 0 aliphatic carbocycles. The van der Waals surface area contributed by atoms with Crippen LogP contribution in [-0.4, -0.2) is 38.4 Å². The van der Waals surface area contributed by atoms with Crippen molar-refractivity contribution in [3.05, 3.63) is 0 Å². The monoisotopic (exact) mass is 316 g/mol. The number of carbonyl (C=O) groups is 2. The standard InChI is InChI=1S/C17H32O5/c1-3-5-6-7-8-9-13-22-17(19)11-15-20-14-10-16(18)21-12-4-2/h3-15H2,1-2H3. The highest BCUT2D eigenvalue weighted by Crippen LogP contribution is 2.05. The number of ether oxygens (including phenoxy) is 3. The fraction of sp³-hybridized carbons (Fsp3) is 0.882. The molecule has 0 fully saturated rings. The molecule has 0 radical (unpaired) electrons. The van der Waals surface area contributed by atoms with Crippen LogP contribution >= 0.6 is 0 Å². The van der Waals surface area contributed by atoms with Crippen molar-refractivity contribution in [2.75, 3.05) is 26.4 Å². The molecule has 0 saturated carbocycles. The maximum absolute atomic E-state index is 11.4. The topological polar surface area (TPSA) is 61.8 Å². The van der Waals surface area contributed by atoms with Gasteiger partial charge in [0.2, 0.25) is 0 Å². The minimum Gasteiger partial charge on any atom is -0.466 e. The molecule has 0 heterocycles. The molecule has 0 aromatic rings. The lowest BCUT2D eigenvalue weighted by atomic mass is 10.1. The second-order valence-corrected chi connectivity index (χ2v) is 5.32. The number of esters is 2. The summed E-state index contributed by atoms with van der Waals surface area (Å²) in [6.45, 7) is 5.65. The Morgan fingerprint density at radius 3 is 1.77 bits per heavy atom. The van der Waals surface area contributed by atoms with Crippen LogP contribution in [0.4, 0.5) is 0 Å². The molecule has 0 spiro atoms. The zero-order chi connectivity index (χ0) is 16.5. The molecule has 0 rings (SSSR count). The lowest BCUT2D eigenvalue weighted by Gasteiger charge is -2.06. The molecule has 0 atom stereocenters. The molecule has 0 aliphatic rings. The van der Waals surface area contributed by atoms with Crippen LogP contribution in [-0.2, 0) is 23.8 Å². The minimum atomic E-state index is -0.257. The van der Waals surface area contributed by atoms with Gasteiger partial charge in [-0.3, -0.25) is 9.59 Å². The van der Waals surface area contributed by atoms with E-state index in [1.165, 1.54) is 25.7 Å². The molecule has 0 aliphatic heterocycles. The van der Waals surface area contributed by atoms with E-state index < -0.39 is 0 Å². The Balaban J connectivity index is 3.27. The molecule has 0 aromatic heterocycles. The van der Waals surface area contributed by atoms with Gasteiger partial charge in [0.1, 0.15) is 0 Å². The van der Waals surface area contributed by atoms with Crippen molar-refractivity contribution in [2.24, 2.45) is 0 Å².